The van der Waals surface area contributed by atoms with Gasteiger partial charge < -0.3 is 0 Å². The predicted octanol–water partition coefficient (Wildman–Crippen LogP) is 8.30. The number of hydrogen-bond acceptors (Lipinski definition) is 0. The molecule has 1 fully saturated rings. The van der Waals surface area contributed by atoms with E-state index in [-0.39, 0.29) is 17.3 Å². The van der Waals surface area contributed by atoms with Gasteiger partial charge in [-0.3, -0.25) is 0 Å². The average Bonchev–Trinajstić information content (AvgIpc) is 2.78. The highest BCUT2D eigenvalue weighted by molar-refractivity contribution is 5.72. The van der Waals surface area contributed by atoms with E-state index >= 15 is 0 Å². The molecule has 0 spiro atoms. The lowest BCUT2D eigenvalue weighted by molar-refractivity contribution is 0.417. The van der Waals surface area contributed by atoms with E-state index in [9.17, 15) is 13.2 Å². The van der Waals surface area contributed by atoms with Crippen molar-refractivity contribution in [2.75, 3.05) is 0 Å². The van der Waals surface area contributed by atoms with Gasteiger partial charge in [-0.15, -0.1) is 0 Å². The van der Waals surface area contributed by atoms with Gasteiger partial charge in [-0.05, 0) is 59.6 Å². The Labute approximate surface area is 176 Å². The van der Waals surface area contributed by atoms with Gasteiger partial charge in [0.25, 0.3) is 0 Å². The zero-order chi connectivity index (χ0) is 21.1. The summed E-state index contributed by atoms with van der Waals surface area (Å²) in [5.74, 6) is -1.59. The van der Waals surface area contributed by atoms with E-state index in [1.165, 1.54) is 12.5 Å². The smallest absolute Gasteiger partial charge is 0.166 e. The molecule has 30 heavy (non-hydrogen) atoms. The molecule has 0 saturated heterocycles. The van der Waals surface area contributed by atoms with Crippen LogP contribution in [0.4, 0.5) is 13.2 Å². The van der Waals surface area contributed by atoms with Crippen molar-refractivity contribution in [1.82, 2.24) is 0 Å². The highest BCUT2D eigenvalue weighted by Gasteiger charge is 2.21. The summed E-state index contributed by atoms with van der Waals surface area (Å²) in [7, 11) is 0. The van der Waals surface area contributed by atoms with Crippen LogP contribution >= 0.6 is 0 Å². The van der Waals surface area contributed by atoms with Crippen LogP contribution in [0.1, 0.15) is 60.3 Å². The second kappa shape index (κ2) is 8.91. The molecule has 3 aromatic carbocycles. The fraction of sp³-hybridized carbons (Fsp3) is 0.259. The minimum absolute atomic E-state index is 0.130. The summed E-state index contributed by atoms with van der Waals surface area (Å²) in [5, 5.41) is 0. The molecule has 0 unspecified atom stereocenters. The van der Waals surface area contributed by atoms with Gasteiger partial charge in [0.15, 0.2) is 11.6 Å². The Hall–Kier alpha value is -2.81. The van der Waals surface area contributed by atoms with Crippen molar-refractivity contribution in [2.45, 2.75) is 44.9 Å². The maximum atomic E-state index is 14.6. The number of hydrogen-bond donors (Lipinski definition) is 0. The molecule has 0 radical (unpaired) electrons. The van der Waals surface area contributed by atoms with E-state index in [2.05, 4.69) is 0 Å². The molecule has 1 aliphatic carbocycles. The zero-order valence-electron chi connectivity index (χ0n) is 17.1. The molecular formula is C27H25F3. The van der Waals surface area contributed by atoms with E-state index in [0.29, 0.717) is 11.1 Å². The quantitative estimate of drug-likeness (QED) is 0.382. The summed E-state index contributed by atoms with van der Waals surface area (Å²) in [4.78, 5) is 0. The van der Waals surface area contributed by atoms with Gasteiger partial charge in [-0.25, -0.2) is 13.2 Å². The van der Waals surface area contributed by atoms with Crippen LogP contribution in [0.15, 0.2) is 54.6 Å². The highest BCUT2D eigenvalue weighted by atomic mass is 19.2. The molecule has 3 heteroatoms. The largest absolute Gasteiger partial charge is 0.207 e. The van der Waals surface area contributed by atoms with E-state index in [0.717, 1.165) is 42.4 Å². The average molecular weight is 406 g/mol. The third kappa shape index (κ3) is 4.35. The molecule has 0 amide bonds. The summed E-state index contributed by atoms with van der Waals surface area (Å²) >= 11 is 0. The first kappa shape index (κ1) is 20.5. The summed E-state index contributed by atoms with van der Waals surface area (Å²) in [5.41, 5.74) is 3.94. The maximum Gasteiger partial charge on any atom is 0.166 e. The van der Waals surface area contributed by atoms with Crippen molar-refractivity contribution >= 4 is 12.2 Å². The molecule has 1 aliphatic rings. The van der Waals surface area contributed by atoms with Crippen molar-refractivity contribution in [1.29, 1.82) is 0 Å². The lowest BCUT2D eigenvalue weighted by atomic mass is 9.83. The van der Waals surface area contributed by atoms with Crippen LogP contribution < -0.4 is 0 Å². The first-order valence-corrected chi connectivity index (χ1v) is 10.6. The molecule has 4 rings (SSSR count). The van der Waals surface area contributed by atoms with Crippen molar-refractivity contribution in [3.05, 3.63) is 94.3 Å². The third-order valence-electron chi connectivity index (χ3n) is 6.06. The molecule has 1 saturated carbocycles. The van der Waals surface area contributed by atoms with Gasteiger partial charge in [0, 0.05) is 5.56 Å². The summed E-state index contributed by atoms with van der Waals surface area (Å²) in [6, 6.07) is 16.1. The Bertz CT molecular complexity index is 1060. The van der Waals surface area contributed by atoms with E-state index < -0.39 is 11.6 Å². The SMILES string of the molecule is Cc1ccc(-c2ccc(C=Cc3ccc(C4CCCCC4)c(F)c3F)cc2)cc1F. The van der Waals surface area contributed by atoms with Crippen molar-refractivity contribution in [3.63, 3.8) is 0 Å². The van der Waals surface area contributed by atoms with Gasteiger partial charge in [0.05, 0.1) is 0 Å². The van der Waals surface area contributed by atoms with Gasteiger partial charge in [-0.2, -0.15) is 0 Å². The Morgan fingerprint density at radius 1 is 0.733 bits per heavy atom. The molecule has 0 heterocycles. The second-order valence-electron chi connectivity index (χ2n) is 8.13. The van der Waals surface area contributed by atoms with Crippen LogP contribution in [0, 0.1) is 24.4 Å². The Kier molecular flexibility index (Phi) is 6.08. The molecule has 0 atom stereocenters. The summed E-state index contributed by atoms with van der Waals surface area (Å²) in [6.07, 6.45) is 8.57. The fourth-order valence-corrected chi connectivity index (χ4v) is 4.18. The third-order valence-corrected chi connectivity index (χ3v) is 6.06. The molecular weight excluding hydrogens is 381 g/mol. The molecule has 0 aliphatic heterocycles. The van der Waals surface area contributed by atoms with E-state index in [1.54, 1.807) is 37.3 Å². The zero-order valence-corrected chi connectivity index (χ0v) is 17.1. The Morgan fingerprint density at radius 2 is 1.43 bits per heavy atom. The number of rotatable bonds is 4. The van der Waals surface area contributed by atoms with Gasteiger partial charge >= 0.3 is 0 Å². The normalized spacial score (nSPS) is 15.1. The van der Waals surface area contributed by atoms with Gasteiger partial charge in [0.1, 0.15) is 5.82 Å². The first-order chi connectivity index (χ1) is 14.5. The lowest BCUT2D eigenvalue weighted by Gasteiger charge is -2.22. The maximum absolute atomic E-state index is 14.6. The van der Waals surface area contributed by atoms with Crippen LogP contribution in [-0.4, -0.2) is 0 Å². The molecule has 0 bridgehead atoms. The lowest BCUT2D eigenvalue weighted by Crippen LogP contribution is -2.08. The van der Waals surface area contributed by atoms with E-state index in [1.807, 2.05) is 30.3 Å². The number of benzene rings is 3. The van der Waals surface area contributed by atoms with Crippen molar-refractivity contribution < 1.29 is 13.2 Å². The number of aryl methyl sites for hydroxylation is 1. The molecule has 0 N–H and O–H groups in total. The van der Waals surface area contributed by atoms with Crippen LogP contribution in [0.5, 0.6) is 0 Å². The molecule has 3 aromatic rings. The van der Waals surface area contributed by atoms with Crippen LogP contribution in [0.2, 0.25) is 0 Å². The predicted molar refractivity (Wildman–Crippen MR) is 118 cm³/mol. The topological polar surface area (TPSA) is 0 Å². The highest BCUT2D eigenvalue weighted by Crippen LogP contribution is 2.35. The monoisotopic (exact) mass is 406 g/mol. The second-order valence-corrected chi connectivity index (χ2v) is 8.13. The minimum Gasteiger partial charge on any atom is -0.207 e. The summed E-state index contributed by atoms with van der Waals surface area (Å²) in [6.45, 7) is 1.73. The van der Waals surface area contributed by atoms with Gasteiger partial charge in [-0.1, -0.05) is 79.9 Å². The summed E-state index contributed by atoms with van der Waals surface area (Å²) < 4.78 is 43.0. The molecule has 0 nitrogen and oxygen atoms in total. The molecule has 154 valence electrons. The molecule has 0 aromatic heterocycles. The van der Waals surface area contributed by atoms with Crippen LogP contribution in [0.25, 0.3) is 23.3 Å². The van der Waals surface area contributed by atoms with Crippen LogP contribution in [-0.2, 0) is 0 Å². The minimum atomic E-state index is -0.777. The Morgan fingerprint density at radius 3 is 2.13 bits per heavy atom. The van der Waals surface area contributed by atoms with E-state index in [4.69, 9.17) is 0 Å². The van der Waals surface area contributed by atoms with Crippen molar-refractivity contribution in [3.8, 4) is 11.1 Å². The first-order valence-electron chi connectivity index (χ1n) is 10.6. The Balaban J connectivity index is 1.52. The fourth-order valence-electron chi connectivity index (χ4n) is 4.18. The van der Waals surface area contributed by atoms with Crippen LogP contribution in [0.3, 0.4) is 0 Å². The standard InChI is InChI=1S/C27H25F3/c1-18-7-11-23(17-25(18)28)20-12-8-19(9-13-20)10-14-22-15-16-24(27(30)26(22)29)21-5-3-2-4-6-21/h7-17,21H,2-6H2,1H3. The number of halogens is 3. The van der Waals surface area contributed by atoms with Crippen molar-refractivity contribution in [2.24, 2.45) is 0 Å². The van der Waals surface area contributed by atoms with Gasteiger partial charge in [0.2, 0.25) is 0 Å².